The summed E-state index contributed by atoms with van der Waals surface area (Å²) in [6.45, 7) is 0. The van der Waals surface area contributed by atoms with Gasteiger partial charge in [-0.1, -0.05) is 15.9 Å². The molecule has 0 heterocycles. The third-order valence-electron chi connectivity index (χ3n) is 2.73. The number of benzene rings is 1. The molecular formula is C12H16BrFN2O2. The maximum Gasteiger partial charge on any atom is 0.322 e. The summed E-state index contributed by atoms with van der Waals surface area (Å²) >= 11 is 3.27. The van der Waals surface area contributed by atoms with Crippen LogP contribution >= 0.6 is 15.9 Å². The van der Waals surface area contributed by atoms with E-state index >= 15 is 0 Å². The number of halogens is 2. The number of rotatable bonds is 5. The molecule has 2 N–H and O–H groups in total. The highest BCUT2D eigenvalue weighted by Gasteiger charge is 2.31. The third-order valence-corrected chi connectivity index (χ3v) is 3.22. The van der Waals surface area contributed by atoms with Gasteiger partial charge in [-0.3, -0.25) is 4.79 Å². The van der Waals surface area contributed by atoms with Crippen LogP contribution in [-0.4, -0.2) is 43.2 Å². The van der Waals surface area contributed by atoms with E-state index in [0.29, 0.717) is 10.0 Å². The zero-order chi connectivity index (χ0) is 13.9. The van der Waals surface area contributed by atoms with Crippen LogP contribution in [0.4, 0.5) is 4.39 Å². The van der Waals surface area contributed by atoms with Gasteiger partial charge < -0.3 is 15.3 Å². The fourth-order valence-electron chi connectivity index (χ4n) is 1.91. The van der Waals surface area contributed by atoms with Crippen LogP contribution in [0.1, 0.15) is 11.6 Å². The quantitative estimate of drug-likeness (QED) is 0.870. The molecule has 0 aliphatic heterocycles. The van der Waals surface area contributed by atoms with E-state index in [0.717, 1.165) is 0 Å². The molecule has 0 aliphatic rings. The fraction of sp³-hybridized carbons (Fsp3) is 0.417. The summed E-state index contributed by atoms with van der Waals surface area (Å²) in [6.07, 6.45) is 0. The molecule has 0 aliphatic carbocycles. The molecule has 1 aromatic carbocycles. The van der Waals surface area contributed by atoms with Gasteiger partial charge in [0.2, 0.25) is 0 Å². The summed E-state index contributed by atoms with van der Waals surface area (Å²) in [6, 6.07) is 3.03. The van der Waals surface area contributed by atoms with Crippen molar-refractivity contribution in [2.45, 2.75) is 12.1 Å². The maximum absolute atomic E-state index is 13.9. The average molecular weight is 319 g/mol. The van der Waals surface area contributed by atoms with Crippen molar-refractivity contribution in [3.8, 4) is 0 Å². The average Bonchev–Trinajstić information content (AvgIpc) is 2.28. The lowest BCUT2D eigenvalue weighted by Crippen LogP contribution is -2.45. The Morgan fingerprint density at radius 2 is 2.11 bits per heavy atom. The predicted molar refractivity (Wildman–Crippen MR) is 71.0 cm³/mol. The Kier molecular flexibility index (Phi) is 5.25. The molecule has 2 atom stereocenters. The minimum Gasteiger partial charge on any atom is -0.480 e. The first kappa shape index (κ1) is 15.1. The SMILES string of the molecule is CNC(C(=O)O)C(c1cc(Br)ccc1F)N(C)C. The topological polar surface area (TPSA) is 52.6 Å². The van der Waals surface area contributed by atoms with Gasteiger partial charge in [-0.05, 0) is 39.3 Å². The number of hydrogen-bond donors (Lipinski definition) is 2. The van der Waals surface area contributed by atoms with Gasteiger partial charge >= 0.3 is 5.97 Å². The van der Waals surface area contributed by atoms with E-state index in [1.54, 1.807) is 38.2 Å². The van der Waals surface area contributed by atoms with E-state index in [2.05, 4.69) is 21.2 Å². The normalized spacial score (nSPS) is 14.6. The third kappa shape index (κ3) is 3.28. The Morgan fingerprint density at radius 1 is 1.50 bits per heavy atom. The lowest BCUT2D eigenvalue weighted by atomic mass is 9.98. The van der Waals surface area contributed by atoms with Crippen molar-refractivity contribution in [2.75, 3.05) is 21.1 Å². The first-order valence-corrected chi connectivity index (χ1v) is 6.19. The molecule has 0 saturated heterocycles. The van der Waals surface area contributed by atoms with Gasteiger partial charge in [0.1, 0.15) is 11.9 Å². The molecule has 4 nitrogen and oxygen atoms in total. The van der Waals surface area contributed by atoms with Crippen LogP contribution in [0.3, 0.4) is 0 Å². The second kappa shape index (κ2) is 6.26. The van der Waals surface area contributed by atoms with E-state index in [4.69, 9.17) is 0 Å². The summed E-state index contributed by atoms with van der Waals surface area (Å²) in [4.78, 5) is 12.9. The zero-order valence-electron chi connectivity index (χ0n) is 10.4. The molecule has 0 saturated carbocycles. The van der Waals surface area contributed by atoms with E-state index in [9.17, 15) is 14.3 Å². The second-order valence-corrected chi connectivity index (χ2v) is 5.09. The van der Waals surface area contributed by atoms with Gasteiger partial charge in [-0.2, -0.15) is 0 Å². The van der Waals surface area contributed by atoms with Gasteiger partial charge in [0, 0.05) is 10.0 Å². The van der Waals surface area contributed by atoms with Crippen molar-refractivity contribution in [3.63, 3.8) is 0 Å². The molecule has 0 bridgehead atoms. The van der Waals surface area contributed by atoms with Gasteiger partial charge in [-0.25, -0.2) is 4.39 Å². The molecule has 100 valence electrons. The maximum atomic E-state index is 13.9. The monoisotopic (exact) mass is 318 g/mol. The van der Waals surface area contributed by atoms with Crippen molar-refractivity contribution in [3.05, 3.63) is 34.1 Å². The molecule has 18 heavy (non-hydrogen) atoms. The first-order chi connectivity index (χ1) is 8.38. The highest BCUT2D eigenvalue weighted by molar-refractivity contribution is 9.10. The Labute approximate surface area is 114 Å². The van der Waals surface area contributed by atoms with E-state index in [1.807, 2.05) is 0 Å². The number of carboxylic acids is 1. The Hall–Kier alpha value is -0.980. The zero-order valence-corrected chi connectivity index (χ0v) is 12.0. The minimum atomic E-state index is -1.02. The number of aliphatic carboxylic acids is 1. The smallest absolute Gasteiger partial charge is 0.322 e. The summed E-state index contributed by atoms with van der Waals surface area (Å²) in [5.41, 5.74) is 0.344. The Morgan fingerprint density at radius 3 is 2.56 bits per heavy atom. The highest BCUT2D eigenvalue weighted by Crippen LogP contribution is 2.27. The number of carbonyl (C=O) groups is 1. The van der Waals surface area contributed by atoms with Crippen molar-refractivity contribution in [1.82, 2.24) is 10.2 Å². The lowest BCUT2D eigenvalue weighted by Gasteiger charge is -2.30. The largest absolute Gasteiger partial charge is 0.480 e. The minimum absolute atomic E-state index is 0.344. The Balaban J connectivity index is 3.27. The molecule has 0 spiro atoms. The molecule has 0 fully saturated rings. The molecule has 2 unspecified atom stereocenters. The van der Waals surface area contributed by atoms with Crippen molar-refractivity contribution in [1.29, 1.82) is 0 Å². The summed E-state index contributed by atoms with van der Waals surface area (Å²) in [5.74, 6) is -1.44. The van der Waals surface area contributed by atoms with Crippen molar-refractivity contribution in [2.24, 2.45) is 0 Å². The number of nitrogens with zero attached hydrogens (tertiary/aromatic N) is 1. The van der Waals surface area contributed by atoms with E-state index < -0.39 is 23.9 Å². The van der Waals surface area contributed by atoms with Crippen LogP contribution < -0.4 is 5.32 Å². The molecule has 1 rings (SSSR count). The first-order valence-electron chi connectivity index (χ1n) is 5.40. The van der Waals surface area contributed by atoms with E-state index in [1.165, 1.54) is 6.07 Å². The fourth-order valence-corrected chi connectivity index (χ4v) is 2.29. The molecule has 0 aromatic heterocycles. The van der Waals surface area contributed by atoms with Crippen LogP contribution in [0.2, 0.25) is 0 Å². The molecular weight excluding hydrogens is 303 g/mol. The van der Waals surface area contributed by atoms with Crippen LogP contribution in [0.5, 0.6) is 0 Å². The predicted octanol–water partition coefficient (Wildman–Crippen LogP) is 1.86. The Bertz CT molecular complexity index is 440. The number of hydrogen-bond acceptors (Lipinski definition) is 3. The highest BCUT2D eigenvalue weighted by atomic mass is 79.9. The van der Waals surface area contributed by atoms with Crippen LogP contribution in [-0.2, 0) is 4.79 Å². The molecule has 1 aromatic rings. The van der Waals surface area contributed by atoms with Gasteiger partial charge in [-0.15, -0.1) is 0 Å². The molecule has 0 radical (unpaired) electrons. The number of carboxylic acid groups (broad SMARTS) is 1. The van der Waals surface area contributed by atoms with Crippen molar-refractivity contribution < 1.29 is 14.3 Å². The number of likely N-dealkylation sites (N-methyl/N-ethyl adjacent to an activating group) is 2. The number of nitrogens with one attached hydrogen (secondary N) is 1. The van der Waals surface area contributed by atoms with Gasteiger partial charge in [0.05, 0.1) is 6.04 Å². The van der Waals surface area contributed by atoms with Gasteiger partial charge in [0.15, 0.2) is 0 Å². The van der Waals surface area contributed by atoms with Crippen LogP contribution in [0, 0.1) is 5.82 Å². The molecule has 6 heteroatoms. The summed E-state index contributed by atoms with van der Waals surface area (Å²) in [7, 11) is 4.99. The van der Waals surface area contributed by atoms with Crippen LogP contribution in [0.15, 0.2) is 22.7 Å². The van der Waals surface area contributed by atoms with Crippen LogP contribution in [0.25, 0.3) is 0 Å². The summed E-state index contributed by atoms with van der Waals surface area (Å²) < 4.78 is 14.6. The standard InChI is InChI=1S/C12H16BrFN2O2/c1-15-10(12(17)18)11(16(2)3)8-6-7(13)4-5-9(8)14/h4-6,10-11,15H,1-3H3,(H,17,18). The van der Waals surface area contributed by atoms with E-state index in [-0.39, 0.29) is 0 Å². The van der Waals surface area contributed by atoms with Gasteiger partial charge in [0.25, 0.3) is 0 Å². The molecule has 0 amide bonds. The lowest BCUT2D eigenvalue weighted by molar-refractivity contribution is -0.141. The summed E-state index contributed by atoms with van der Waals surface area (Å²) in [5, 5.41) is 11.9. The van der Waals surface area contributed by atoms with Crippen molar-refractivity contribution >= 4 is 21.9 Å². The second-order valence-electron chi connectivity index (χ2n) is 4.18.